The Labute approximate surface area is 150 Å². The molecule has 0 saturated heterocycles. The minimum atomic E-state index is -1.30. The van der Waals surface area contributed by atoms with Gasteiger partial charge < -0.3 is 20.2 Å². The van der Waals surface area contributed by atoms with E-state index in [0.717, 1.165) is 18.4 Å². The summed E-state index contributed by atoms with van der Waals surface area (Å²) in [5.41, 5.74) is 0.00313. The van der Waals surface area contributed by atoms with E-state index in [0.29, 0.717) is 16.5 Å². The minimum Gasteiger partial charge on any atom is -0.466 e. The van der Waals surface area contributed by atoms with E-state index in [4.69, 9.17) is 16.0 Å². The smallest absolute Gasteiger partial charge is 0.313 e. The molecule has 1 heterocycles. The lowest BCUT2D eigenvalue weighted by atomic mass is 9.94. The predicted molar refractivity (Wildman–Crippen MR) is 93.2 cm³/mol. The van der Waals surface area contributed by atoms with Gasteiger partial charge in [0.15, 0.2) is 0 Å². The van der Waals surface area contributed by atoms with Crippen LogP contribution in [0.5, 0.6) is 0 Å². The van der Waals surface area contributed by atoms with Crippen molar-refractivity contribution in [1.82, 2.24) is 5.32 Å². The topological polar surface area (TPSA) is 91.6 Å². The Morgan fingerprint density at radius 2 is 2.08 bits per heavy atom. The van der Waals surface area contributed by atoms with Crippen LogP contribution in [0, 0.1) is 12.8 Å². The number of hydrogen-bond acceptors (Lipinski definition) is 4. The number of carbonyl (C=O) groups excluding carboxylic acids is 2. The summed E-state index contributed by atoms with van der Waals surface area (Å²) in [6.07, 6.45) is 3.17. The van der Waals surface area contributed by atoms with Crippen LogP contribution >= 0.6 is 11.6 Å². The Morgan fingerprint density at radius 1 is 1.32 bits per heavy atom. The van der Waals surface area contributed by atoms with Gasteiger partial charge in [0.2, 0.25) is 0 Å². The number of rotatable bonds is 5. The number of nitrogens with one attached hydrogen (secondary N) is 2. The third kappa shape index (κ3) is 3.86. The number of halogens is 1. The molecule has 1 aromatic heterocycles. The van der Waals surface area contributed by atoms with Crippen LogP contribution in [0.15, 0.2) is 41.0 Å². The fourth-order valence-electron chi connectivity index (χ4n) is 2.67. The van der Waals surface area contributed by atoms with E-state index in [9.17, 15) is 14.7 Å². The molecule has 2 aromatic rings. The van der Waals surface area contributed by atoms with E-state index in [1.807, 2.05) is 6.92 Å². The van der Waals surface area contributed by atoms with Crippen LogP contribution in [0.25, 0.3) is 0 Å². The predicted octanol–water partition coefficient (Wildman–Crippen LogP) is 2.59. The fourth-order valence-corrected chi connectivity index (χ4v) is 2.85. The minimum absolute atomic E-state index is 0.0120. The van der Waals surface area contributed by atoms with Gasteiger partial charge >= 0.3 is 11.8 Å². The van der Waals surface area contributed by atoms with Crippen LogP contribution in [-0.2, 0) is 15.2 Å². The standard InChI is InChI=1S/C18H19ClN2O4/c1-11-4-7-13(9-14(11)19)21-17(23)16(22)20-10-18(24,12-5-6-12)15-3-2-8-25-15/h2-4,7-9,12,24H,5-6,10H2,1H3,(H,20,22)(H,21,23). The zero-order valence-corrected chi connectivity index (χ0v) is 14.5. The molecule has 3 rings (SSSR count). The summed E-state index contributed by atoms with van der Waals surface area (Å²) in [5.74, 6) is -1.25. The van der Waals surface area contributed by atoms with Crippen molar-refractivity contribution < 1.29 is 19.1 Å². The SMILES string of the molecule is Cc1ccc(NC(=O)C(=O)NCC(O)(c2ccco2)C2CC2)cc1Cl. The molecule has 0 bridgehead atoms. The maximum atomic E-state index is 12.1. The van der Waals surface area contributed by atoms with Crippen LogP contribution in [0.2, 0.25) is 5.02 Å². The number of benzene rings is 1. The second-order valence-corrected chi connectivity index (χ2v) is 6.68. The molecule has 0 aliphatic heterocycles. The first kappa shape index (κ1) is 17.5. The van der Waals surface area contributed by atoms with E-state index in [-0.39, 0.29) is 12.5 Å². The first-order valence-electron chi connectivity index (χ1n) is 8.02. The lowest BCUT2D eigenvalue weighted by molar-refractivity contribution is -0.137. The Hall–Kier alpha value is -2.31. The highest BCUT2D eigenvalue weighted by atomic mass is 35.5. The molecule has 25 heavy (non-hydrogen) atoms. The molecule has 0 spiro atoms. The fraction of sp³-hybridized carbons (Fsp3) is 0.333. The van der Waals surface area contributed by atoms with Crippen LogP contribution in [0.4, 0.5) is 5.69 Å². The summed E-state index contributed by atoms with van der Waals surface area (Å²) < 4.78 is 5.30. The summed E-state index contributed by atoms with van der Waals surface area (Å²) in [6, 6.07) is 8.33. The van der Waals surface area contributed by atoms with E-state index in [2.05, 4.69) is 10.6 Å². The quantitative estimate of drug-likeness (QED) is 0.713. The van der Waals surface area contributed by atoms with Crippen LogP contribution in [0.3, 0.4) is 0 Å². The molecular formula is C18H19ClN2O4. The zero-order valence-electron chi connectivity index (χ0n) is 13.7. The van der Waals surface area contributed by atoms with Crippen LogP contribution in [0.1, 0.15) is 24.2 Å². The second-order valence-electron chi connectivity index (χ2n) is 6.28. The van der Waals surface area contributed by atoms with Gasteiger partial charge in [-0.05, 0) is 55.5 Å². The Morgan fingerprint density at radius 3 is 2.68 bits per heavy atom. The number of aryl methyl sites for hydroxylation is 1. The molecule has 7 heteroatoms. The first-order valence-corrected chi connectivity index (χ1v) is 8.39. The van der Waals surface area contributed by atoms with Crippen molar-refractivity contribution in [2.45, 2.75) is 25.4 Å². The van der Waals surface area contributed by atoms with Gasteiger partial charge in [-0.1, -0.05) is 17.7 Å². The molecule has 2 amide bonds. The molecule has 1 aliphatic carbocycles. The van der Waals surface area contributed by atoms with Crippen molar-refractivity contribution in [2.24, 2.45) is 5.92 Å². The summed E-state index contributed by atoms with van der Waals surface area (Å²) >= 11 is 6.00. The Balaban J connectivity index is 1.61. The Kier molecular flexibility index (Phi) is 4.83. The van der Waals surface area contributed by atoms with Gasteiger partial charge in [0, 0.05) is 10.7 Å². The molecule has 1 unspecified atom stereocenters. The highest BCUT2D eigenvalue weighted by molar-refractivity contribution is 6.39. The average molecular weight is 363 g/mol. The molecule has 1 fully saturated rings. The van der Waals surface area contributed by atoms with Crippen LogP contribution in [-0.4, -0.2) is 23.5 Å². The Bertz CT molecular complexity index is 786. The molecule has 3 N–H and O–H groups in total. The number of amides is 2. The van der Waals surface area contributed by atoms with Gasteiger partial charge in [-0.15, -0.1) is 0 Å². The maximum Gasteiger partial charge on any atom is 0.313 e. The number of furan rings is 1. The number of aliphatic hydroxyl groups is 1. The number of carbonyl (C=O) groups is 2. The van der Waals surface area contributed by atoms with Crippen molar-refractivity contribution in [2.75, 3.05) is 11.9 Å². The first-order chi connectivity index (χ1) is 11.9. The normalized spacial score (nSPS) is 16.1. The van der Waals surface area contributed by atoms with Crippen molar-refractivity contribution in [3.63, 3.8) is 0 Å². The molecule has 1 atom stereocenters. The molecule has 1 aromatic carbocycles. The highest BCUT2D eigenvalue weighted by Gasteiger charge is 2.47. The molecular weight excluding hydrogens is 344 g/mol. The van der Waals surface area contributed by atoms with Gasteiger partial charge in [-0.25, -0.2) is 0 Å². The molecule has 1 aliphatic rings. The van der Waals surface area contributed by atoms with Crippen molar-refractivity contribution in [3.05, 3.63) is 52.9 Å². The summed E-state index contributed by atoms with van der Waals surface area (Å²) in [7, 11) is 0. The summed E-state index contributed by atoms with van der Waals surface area (Å²) in [4.78, 5) is 24.1. The number of anilines is 1. The lowest BCUT2D eigenvalue weighted by Gasteiger charge is -2.26. The second kappa shape index (κ2) is 6.90. The third-order valence-electron chi connectivity index (χ3n) is 4.35. The van der Waals surface area contributed by atoms with Gasteiger partial charge in [-0.3, -0.25) is 9.59 Å². The number of hydrogen-bond donors (Lipinski definition) is 3. The third-order valence-corrected chi connectivity index (χ3v) is 4.76. The van der Waals surface area contributed by atoms with E-state index in [1.165, 1.54) is 6.26 Å². The molecule has 6 nitrogen and oxygen atoms in total. The van der Waals surface area contributed by atoms with Crippen molar-refractivity contribution in [3.8, 4) is 0 Å². The van der Waals surface area contributed by atoms with Crippen molar-refractivity contribution >= 4 is 29.1 Å². The largest absolute Gasteiger partial charge is 0.466 e. The lowest BCUT2D eigenvalue weighted by Crippen LogP contribution is -2.45. The summed E-state index contributed by atoms with van der Waals surface area (Å²) in [6.45, 7) is 1.75. The molecule has 132 valence electrons. The van der Waals surface area contributed by atoms with Crippen LogP contribution < -0.4 is 10.6 Å². The van der Waals surface area contributed by atoms with E-state index >= 15 is 0 Å². The van der Waals surface area contributed by atoms with Gasteiger partial charge in [0.1, 0.15) is 11.4 Å². The summed E-state index contributed by atoms with van der Waals surface area (Å²) in [5, 5.41) is 16.3. The van der Waals surface area contributed by atoms with Gasteiger partial charge in [0.25, 0.3) is 0 Å². The molecule has 0 radical (unpaired) electrons. The average Bonchev–Trinajstić information content (AvgIpc) is 3.30. The highest BCUT2D eigenvalue weighted by Crippen LogP contribution is 2.45. The van der Waals surface area contributed by atoms with Crippen molar-refractivity contribution in [1.29, 1.82) is 0 Å². The van der Waals surface area contributed by atoms with Gasteiger partial charge in [0.05, 0.1) is 12.8 Å². The van der Waals surface area contributed by atoms with E-state index in [1.54, 1.807) is 30.3 Å². The molecule has 1 saturated carbocycles. The van der Waals surface area contributed by atoms with E-state index < -0.39 is 17.4 Å². The monoisotopic (exact) mass is 362 g/mol. The van der Waals surface area contributed by atoms with Gasteiger partial charge in [-0.2, -0.15) is 0 Å². The maximum absolute atomic E-state index is 12.1. The zero-order chi connectivity index (χ0) is 18.0.